The zero-order valence-electron chi connectivity index (χ0n) is 13.7. The van der Waals surface area contributed by atoms with Crippen LogP contribution in [0.5, 0.6) is 28.7 Å². The summed E-state index contributed by atoms with van der Waals surface area (Å²) >= 11 is 0. The Balaban J connectivity index is 2.42. The van der Waals surface area contributed by atoms with Crippen LogP contribution in [0.2, 0.25) is 0 Å². The number of ether oxygens (including phenoxy) is 4. The first kappa shape index (κ1) is 21.0. The number of methoxy groups -OCH3 is 1. The number of carboxylic acids is 1. The molecule has 0 aliphatic rings. The highest BCUT2D eigenvalue weighted by Crippen LogP contribution is 2.39. The average Bonchev–Trinajstić information content (AvgIpc) is 2.56. The molecule has 28 heavy (non-hydrogen) atoms. The molecule has 6 nitrogen and oxygen atoms in total. The molecule has 0 spiro atoms. The smallest absolute Gasteiger partial charge is 0.493 e. The van der Waals surface area contributed by atoms with E-state index in [1.807, 2.05) is 0 Å². The van der Waals surface area contributed by atoms with Crippen molar-refractivity contribution in [3.8, 4) is 28.7 Å². The highest BCUT2D eigenvalue weighted by molar-refractivity contribution is 5.92. The van der Waals surface area contributed by atoms with Crippen molar-refractivity contribution in [2.75, 3.05) is 7.11 Å². The molecule has 0 saturated heterocycles. The van der Waals surface area contributed by atoms with Crippen molar-refractivity contribution in [2.45, 2.75) is 13.0 Å². The van der Waals surface area contributed by atoms with E-state index in [9.17, 15) is 31.1 Å². The molecule has 0 aliphatic carbocycles. The number of carbonyl (C=O) groups is 1. The van der Waals surface area contributed by atoms with Crippen LogP contribution in [0.15, 0.2) is 30.3 Å². The first-order chi connectivity index (χ1) is 13.0. The van der Waals surface area contributed by atoms with Gasteiger partial charge < -0.3 is 24.1 Å². The van der Waals surface area contributed by atoms with Gasteiger partial charge in [-0.25, -0.2) is 9.18 Å². The summed E-state index contributed by atoms with van der Waals surface area (Å²) in [7, 11) is 1.08. The van der Waals surface area contributed by atoms with E-state index in [2.05, 4.69) is 9.47 Å². The van der Waals surface area contributed by atoms with E-state index in [-0.39, 0.29) is 11.5 Å². The quantitative estimate of drug-likeness (QED) is 0.657. The van der Waals surface area contributed by atoms with Crippen LogP contribution in [0, 0.1) is 5.82 Å². The van der Waals surface area contributed by atoms with E-state index < -0.39 is 47.6 Å². The van der Waals surface area contributed by atoms with Crippen LogP contribution in [-0.2, 0) is 0 Å². The Morgan fingerprint density at radius 3 is 2.18 bits per heavy atom. The lowest BCUT2D eigenvalue weighted by Crippen LogP contribution is -2.17. The van der Waals surface area contributed by atoms with E-state index in [4.69, 9.17) is 14.6 Å². The molecule has 0 radical (unpaired) electrons. The van der Waals surface area contributed by atoms with Crippen LogP contribution in [0.1, 0.15) is 10.4 Å². The fourth-order valence-corrected chi connectivity index (χ4v) is 2.06. The van der Waals surface area contributed by atoms with Crippen LogP contribution in [0.3, 0.4) is 0 Å². The van der Waals surface area contributed by atoms with Crippen LogP contribution >= 0.6 is 0 Å². The largest absolute Gasteiger partial charge is 0.573 e. The Kier molecular flexibility index (Phi) is 6.11. The third-order valence-electron chi connectivity index (χ3n) is 3.09. The van der Waals surface area contributed by atoms with Gasteiger partial charge in [0.05, 0.1) is 7.11 Å². The van der Waals surface area contributed by atoms with Gasteiger partial charge in [0, 0.05) is 6.07 Å². The Morgan fingerprint density at radius 2 is 1.64 bits per heavy atom. The molecule has 2 aromatic carbocycles. The third kappa shape index (κ3) is 5.11. The predicted molar refractivity (Wildman–Crippen MR) is 79.7 cm³/mol. The molecule has 0 bridgehead atoms. The molecule has 2 aromatic rings. The first-order valence-corrected chi connectivity index (χ1v) is 7.14. The fourth-order valence-electron chi connectivity index (χ4n) is 2.06. The average molecular weight is 412 g/mol. The summed E-state index contributed by atoms with van der Waals surface area (Å²) < 4.78 is 93.1. The van der Waals surface area contributed by atoms with Gasteiger partial charge in [-0.3, -0.25) is 0 Å². The van der Waals surface area contributed by atoms with Crippen molar-refractivity contribution < 1.29 is 55.2 Å². The molecule has 152 valence electrons. The number of rotatable bonds is 7. The van der Waals surface area contributed by atoms with Gasteiger partial charge in [0.15, 0.2) is 23.1 Å². The summed E-state index contributed by atoms with van der Waals surface area (Å²) in [6.07, 6.45) is -4.96. The normalized spacial score (nSPS) is 11.3. The molecular weight excluding hydrogens is 402 g/mol. The van der Waals surface area contributed by atoms with Crippen molar-refractivity contribution in [3.63, 3.8) is 0 Å². The third-order valence-corrected chi connectivity index (χ3v) is 3.09. The molecule has 0 saturated carbocycles. The maximum Gasteiger partial charge on any atom is 0.573 e. The lowest BCUT2D eigenvalue weighted by Gasteiger charge is -2.15. The van der Waals surface area contributed by atoms with Gasteiger partial charge >= 0.3 is 18.9 Å². The summed E-state index contributed by atoms with van der Waals surface area (Å²) in [5, 5.41) is 9.14. The highest BCUT2D eigenvalue weighted by Gasteiger charge is 2.31. The number of aromatic carboxylic acids is 1. The van der Waals surface area contributed by atoms with Crippen molar-refractivity contribution in [3.05, 3.63) is 41.7 Å². The molecule has 0 amide bonds. The molecule has 0 aromatic heterocycles. The SMILES string of the molecule is COc1cc(OC(F)(F)F)ccc1Oc1ccc(OC(F)F)c(F)c1C(=O)O. The van der Waals surface area contributed by atoms with E-state index >= 15 is 0 Å². The standard InChI is InChI=1S/C16H10F6O6/c1-25-11-6-7(28-16(20,21)22)2-3-8(11)26-9-4-5-10(27-15(18)19)13(17)12(9)14(23)24/h2-6,15H,1H3,(H,23,24). The fraction of sp³-hybridized carbons (Fsp3) is 0.188. The molecule has 1 N–H and O–H groups in total. The Hall–Kier alpha value is -3.31. The summed E-state index contributed by atoms with van der Waals surface area (Å²) in [6, 6.07) is 4.14. The number of alkyl halides is 5. The molecular formula is C16H10F6O6. The van der Waals surface area contributed by atoms with Crippen LogP contribution in [-0.4, -0.2) is 31.2 Å². The molecule has 0 aliphatic heterocycles. The molecule has 0 atom stereocenters. The molecule has 2 rings (SSSR count). The predicted octanol–water partition coefficient (Wildman–Crippen LogP) is 4.82. The van der Waals surface area contributed by atoms with Gasteiger partial charge in [-0.05, 0) is 24.3 Å². The van der Waals surface area contributed by atoms with Gasteiger partial charge in [0.2, 0.25) is 0 Å². The minimum Gasteiger partial charge on any atom is -0.493 e. The van der Waals surface area contributed by atoms with E-state index in [0.717, 1.165) is 31.4 Å². The minimum atomic E-state index is -4.96. The number of hydrogen-bond donors (Lipinski definition) is 1. The van der Waals surface area contributed by atoms with Gasteiger partial charge in [-0.1, -0.05) is 0 Å². The zero-order valence-corrected chi connectivity index (χ0v) is 13.7. The molecule has 0 unspecified atom stereocenters. The number of halogens is 6. The second kappa shape index (κ2) is 8.15. The Morgan fingerprint density at radius 1 is 1.04 bits per heavy atom. The van der Waals surface area contributed by atoms with Crippen molar-refractivity contribution >= 4 is 5.97 Å². The Bertz CT molecular complexity index is 867. The first-order valence-electron chi connectivity index (χ1n) is 7.14. The van der Waals surface area contributed by atoms with Crippen LogP contribution in [0.4, 0.5) is 26.3 Å². The lowest BCUT2D eigenvalue weighted by molar-refractivity contribution is -0.274. The lowest BCUT2D eigenvalue weighted by atomic mass is 10.1. The maximum absolute atomic E-state index is 14.2. The van der Waals surface area contributed by atoms with Crippen molar-refractivity contribution in [1.82, 2.24) is 0 Å². The maximum atomic E-state index is 14.2. The van der Waals surface area contributed by atoms with Gasteiger partial charge in [-0.2, -0.15) is 8.78 Å². The van der Waals surface area contributed by atoms with Crippen LogP contribution < -0.4 is 18.9 Å². The number of hydrogen-bond acceptors (Lipinski definition) is 5. The molecule has 0 fully saturated rings. The summed E-state index contributed by atoms with van der Waals surface area (Å²) in [4.78, 5) is 11.3. The summed E-state index contributed by atoms with van der Waals surface area (Å²) in [6.45, 7) is -3.40. The topological polar surface area (TPSA) is 74.2 Å². The second-order valence-corrected chi connectivity index (χ2v) is 4.90. The molecule has 12 heteroatoms. The van der Waals surface area contributed by atoms with Crippen molar-refractivity contribution in [2.24, 2.45) is 0 Å². The Labute approximate surface area is 152 Å². The number of benzene rings is 2. The monoisotopic (exact) mass is 412 g/mol. The number of carboxylic acid groups (broad SMARTS) is 1. The van der Waals surface area contributed by atoms with Crippen molar-refractivity contribution in [1.29, 1.82) is 0 Å². The summed E-state index contributed by atoms with van der Waals surface area (Å²) in [5.74, 6) is -6.38. The van der Waals surface area contributed by atoms with Crippen LogP contribution in [0.25, 0.3) is 0 Å². The second-order valence-electron chi connectivity index (χ2n) is 4.90. The van der Waals surface area contributed by atoms with Gasteiger partial charge in [0.25, 0.3) is 0 Å². The van der Waals surface area contributed by atoms with E-state index in [1.54, 1.807) is 0 Å². The van der Waals surface area contributed by atoms with E-state index in [1.165, 1.54) is 0 Å². The minimum absolute atomic E-state index is 0.290. The summed E-state index contributed by atoms with van der Waals surface area (Å²) in [5.41, 5.74) is -1.13. The highest BCUT2D eigenvalue weighted by atomic mass is 19.4. The van der Waals surface area contributed by atoms with Gasteiger partial charge in [0.1, 0.15) is 17.1 Å². The molecule has 0 heterocycles. The van der Waals surface area contributed by atoms with Gasteiger partial charge in [-0.15, -0.1) is 13.2 Å². The van der Waals surface area contributed by atoms with E-state index in [0.29, 0.717) is 6.07 Å². The zero-order chi connectivity index (χ0) is 21.1.